The summed E-state index contributed by atoms with van der Waals surface area (Å²) in [5.74, 6) is -0.121. The standard InChI is InChI=1S/C26H23FN2O4/c27-23-13-18(11-19(14-30)22-3-1-2-4-24(22)28)7-10-25(23)33-21-8-5-17(6-9-21)12-20-15-32-16-26(31)29-20/h1-11,13-14,20H,12,15-16,28H2,(H,29,31)/b19-11-. The van der Waals surface area contributed by atoms with Crippen LogP contribution in [0.25, 0.3) is 11.6 Å². The minimum Gasteiger partial charge on any atom is -0.454 e. The fourth-order valence-corrected chi connectivity index (χ4v) is 3.62. The van der Waals surface area contributed by atoms with Gasteiger partial charge in [-0.15, -0.1) is 0 Å². The quantitative estimate of drug-likeness (QED) is 0.248. The van der Waals surface area contributed by atoms with Gasteiger partial charge in [0.25, 0.3) is 0 Å². The fourth-order valence-electron chi connectivity index (χ4n) is 3.62. The van der Waals surface area contributed by atoms with E-state index in [2.05, 4.69) is 5.32 Å². The van der Waals surface area contributed by atoms with Gasteiger partial charge in [0.2, 0.25) is 5.91 Å². The first-order valence-corrected chi connectivity index (χ1v) is 10.5. The summed E-state index contributed by atoms with van der Waals surface area (Å²) in [6.07, 6.45) is 2.90. The lowest BCUT2D eigenvalue weighted by Gasteiger charge is -2.23. The molecule has 3 aromatic rings. The van der Waals surface area contributed by atoms with Crippen LogP contribution in [0.1, 0.15) is 16.7 Å². The van der Waals surface area contributed by atoms with Crippen molar-refractivity contribution in [3.8, 4) is 11.5 Å². The molecule has 4 rings (SSSR count). The first kappa shape index (κ1) is 22.2. The van der Waals surface area contributed by atoms with Gasteiger partial charge >= 0.3 is 0 Å². The number of hydrogen-bond acceptors (Lipinski definition) is 5. The molecule has 1 saturated heterocycles. The lowest BCUT2D eigenvalue weighted by molar-refractivity contribution is -0.131. The van der Waals surface area contributed by atoms with Crippen LogP contribution in [-0.2, 0) is 20.7 Å². The summed E-state index contributed by atoms with van der Waals surface area (Å²) in [4.78, 5) is 23.0. The molecule has 0 aliphatic carbocycles. The van der Waals surface area contributed by atoms with Crippen LogP contribution < -0.4 is 15.8 Å². The predicted molar refractivity (Wildman–Crippen MR) is 124 cm³/mol. The molecule has 1 atom stereocenters. The number of morpholine rings is 1. The largest absolute Gasteiger partial charge is 0.454 e. The van der Waals surface area contributed by atoms with Crippen molar-refractivity contribution in [2.24, 2.45) is 0 Å². The average molecular weight is 446 g/mol. The summed E-state index contributed by atoms with van der Waals surface area (Å²) in [5.41, 5.74) is 8.87. The summed E-state index contributed by atoms with van der Waals surface area (Å²) in [5, 5.41) is 2.88. The molecule has 0 radical (unpaired) electrons. The summed E-state index contributed by atoms with van der Waals surface area (Å²) >= 11 is 0. The molecule has 168 valence electrons. The van der Waals surface area contributed by atoms with E-state index in [0.29, 0.717) is 47.5 Å². The lowest BCUT2D eigenvalue weighted by atomic mass is 10.0. The Morgan fingerprint density at radius 3 is 2.64 bits per heavy atom. The maximum Gasteiger partial charge on any atom is 0.246 e. The second-order valence-electron chi connectivity index (χ2n) is 7.72. The molecule has 33 heavy (non-hydrogen) atoms. The van der Waals surface area contributed by atoms with Crippen molar-refractivity contribution in [1.82, 2.24) is 5.32 Å². The van der Waals surface area contributed by atoms with Gasteiger partial charge in [-0.1, -0.05) is 36.4 Å². The second kappa shape index (κ2) is 10.1. The number of carbonyl (C=O) groups excluding carboxylic acids is 2. The Labute approximate surface area is 190 Å². The van der Waals surface area contributed by atoms with Crippen molar-refractivity contribution in [3.63, 3.8) is 0 Å². The molecule has 1 aliphatic rings. The van der Waals surface area contributed by atoms with Crippen LogP contribution in [0, 0.1) is 5.82 Å². The number of rotatable bonds is 7. The van der Waals surface area contributed by atoms with E-state index in [0.717, 1.165) is 5.56 Å². The average Bonchev–Trinajstić information content (AvgIpc) is 2.81. The zero-order chi connectivity index (χ0) is 23.2. The van der Waals surface area contributed by atoms with Gasteiger partial charge in [-0.25, -0.2) is 4.39 Å². The molecule has 3 aromatic carbocycles. The molecule has 0 bridgehead atoms. The highest BCUT2D eigenvalue weighted by atomic mass is 19.1. The number of nitrogen functional groups attached to an aromatic ring is 1. The predicted octanol–water partition coefficient (Wildman–Crippen LogP) is 4.00. The van der Waals surface area contributed by atoms with Crippen LogP contribution in [-0.4, -0.2) is 31.4 Å². The Kier molecular flexibility index (Phi) is 6.80. The molecule has 0 spiro atoms. The van der Waals surface area contributed by atoms with Crippen LogP contribution in [0.5, 0.6) is 11.5 Å². The topological polar surface area (TPSA) is 90.7 Å². The SMILES string of the molecule is Nc1ccccc1/C(C=O)=C\c1ccc(Oc2ccc(CC3COCC(=O)N3)cc2)c(F)c1. The van der Waals surface area contributed by atoms with Crippen molar-refractivity contribution >= 4 is 29.5 Å². The number of amides is 1. The van der Waals surface area contributed by atoms with Gasteiger partial charge in [-0.05, 0) is 54.0 Å². The first-order chi connectivity index (χ1) is 16.0. The third-order valence-electron chi connectivity index (χ3n) is 5.23. The molecule has 1 amide bonds. The number of hydrogen-bond donors (Lipinski definition) is 2. The van der Waals surface area contributed by atoms with Gasteiger partial charge in [0.05, 0.1) is 12.6 Å². The Bertz CT molecular complexity index is 1190. The van der Waals surface area contributed by atoms with Crippen molar-refractivity contribution in [1.29, 1.82) is 0 Å². The maximum atomic E-state index is 14.7. The molecule has 1 unspecified atom stereocenters. The van der Waals surface area contributed by atoms with E-state index in [9.17, 15) is 14.0 Å². The molecule has 6 nitrogen and oxygen atoms in total. The van der Waals surface area contributed by atoms with Crippen molar-refractivity contribution in [2.45, 2.75) is 12.5 Å². The van der Waals surface area contributed by atoms with E-state index < -0.39 is 5.82 Å². The number of anilines is 1. The number of ether oxygens (including phenoxy) is 2. The van der Waals surface area contributed by atoms with E-state index in [1.807, 2.05) is 12.1 Å². The van der Waals surface area contributed by atoms with Gasteiger partial charge in [-0.2, -0.15) is 0 Å². The molecule has 0 saturated carbocycles. The highest BCUT2D eigenvalue weighted by Gasteiger charge is 2.18. The summed E-state index contributed by atoms with van der Waals surface area (Å²) < 4.78 is 25.6. The third kappa shape index (κ3) is 5.64. The minimum absolute atomic E-state index is 0.0692. The molecule has 1 fully saturated rings. The molecule has 7 heteroatoms. The van der Waals surface area contributed by atoms with E-state index in [1.54, 1.807) is 48.5 Å². The van der Waals surface area contributed by atoms with Crippen molar-refractivity contribution in [2.75, 3.05) is 18.9 Å². The smallest absolute Gasteiger partial charge is 0.246 e. The number of allylic oxidation sites excluding steroid dienone is 1. The Hall–Kier alpha value is -3.97. The molecular formula is C26H23FN2O4. The molecule has 0 aromatic heterocycles. The Balaban J connectivity index is 1.44. The van der Waals surface area contributed by atoms with Crippen LogP contribution in [0.15, 0.2) is 66.7 Å². The molecule has 3 N–H and O–H groups in total. The summed E-state index contributed by atoms with van der Waals surface area (Å²) in [6, 6.07) is 18.6. The lowest BCUT2D eigenvalue weighted by Crippen LogP contribution is -2.46. The van der Waals surface area contributed by atoms with Gasteiger partial charge in [-0.3, -0.25) is 9.59 Å². The minimum atomic E-state index is -0.554. The van der Waals surface area contributed by atoms with Gasteiger partial charge in [0.15, 0.2) is 17.9 Å². The van der Waals surface area contributed by atoms with Gasteiger partial charge in [0, 0.05) is 16.8 Å². The number of para-hydroxylation sites is 1. The third-order valence-corrected chi connectivity index (χ3v) is 5.23. The molecular weight excluding hydrogens is 423 g/mol. The second-order valence-corrected chi connectivity index (χ2v) is 7.72. The van der Waals surface area contributed by atoms with Crippen LogP contribution in [0.3, 0.4) is 0 Å². The number of benzene rings is 3. The van der Waals surface area contributed by atoms with E-state index in [4.69, 9.17) is 15.2 Å². The number of aldehydes is 1. The van der Waals surface area contributed by atoms with Gasteiger partial charge in [0.1, 0.15) is 12.4 Å². The zero-order valence-corrected chi connectivity index (χ0v) is 17.8. The van der Waals surface area contributed by atoms with Gasteiger partial charge < -0.3 is 20.5 Å². The number of nitrogens with one attached hydrogen (secondary N) is 1. The van der Waals surface area contributed by atoms with Crippen molar-refractivity contribution in [3.05, 3.63) is 89.2 Å². The number of carbonyl (C=O) groups is 2. The summed E-state index contributed by atoms with van der Waals surface area (Å²) in [7, 11) is 0. The van der Waals surface area contributed by atoms with Crippen LogP contribution >= 0.6 is 0 Å². The number of halogens is 1. The number of nitrogens with two attached hydrogens (primary N) is 1. The maximum absolute atomic E-state index is 14.7. The molecule has 1 heterocycles. The monoisotopic (exact) mass is 446 g/mol. The van der Waals surface area contributed by atoms with E-state index in [1.165, 1.54) is 12.1 Å². The van der Waals surface area contributed by atoms with Crippen LogP contribution in [0.2, 0.25) is 0 Å². The Morgan fingerprint density at radius 1 is 1.15 bits per heavy atom. The fraction of sp³-hybridized carbons (Fsp3) is 0.154. The first-order valence-electron chi connectivity index (χ1n) is 10.5. The molecule has 1 aliphatic heterocycles. The van der Waals surface area contributed by atoms with E-state index >= 15 is 0 Å². The van der Waals surface area contributed by atoms with E-state index in [-0.39, 0.29) is 24.3 Å². The highest BCUT2D eigenvalue weighted by molar-refractivity contribution is 6.15. The Morgan fingerprint density at radius 2 is 1.94 bits per heavy atom. The zero-order valence-electron chi connectivity index (χ0n) is 17.8. The van der Waals surface area contributed by atoms with Crippen LogP contribution in [0.4, 0.5) is 10.1 Å². The van der Waals surface area contributed by atoms with Crippen molar-refractivity contribution < 1.29 is 23.5 Å². The summed E-state index contributed by atoms with van der Waals surface area (Å²) in [6.45, 7) is 0.568. The highest BCUT2D eigenvalue weighted by Crippen LogP contribution is 2.28. The normalized spacial score (nSPS) is 16.2.